The van der Waals surface area contributed by atoms with E-state index in [4.69, 9.17) is 0 Å². The molecule has 0 saturated carbocycles. The monoisotopic (exact) mass is 541 g/mol. The molecule has 0 aliphatic heterocycles. The Morgan fingerprint density at radius 3 is 2.07 bits per heavy atom. The molecule has 1 aliphatic rings. The first-order chi connectivity index (χ1) is 20.1. The van der Waals surface area contributed by atoms with Gasteiger partial charge in [-0.2, -0.15) is 0 Å². The molecule has 1 nitrogen and oxygen atoms in total. The van der Waals surface area contributed by atoms with Gasteiger partial charge in [0.2, 0.25) is 0 Å². The van der Waals surface area contributed by atoms with Gasteiger partial charge in [0.25, 0.3) is 0 Å². The summed E-state index contributed by atoms with van der Waals surface area (Å²) >= 11 is 1.95. The minimum absolute atomic E-state index is 0.0836. The highest BCUT2D eigenvalue weighted by Crippen LogP contribution is 2.58. The van der Waals surface area contributed by atoms with Crippen molar-refractivity contribution in [1.82, 2.24) is 4.57 Å². The summed E-state index contributed by atoms with van der Waals surface area (Å²) in [6.45, 7) is 4.82. The Balaban J connectivity index is 1.50. The highest BCUT2D eigenvalue weighted by atomic mass is 32.1. The number of fused-ring (bicyclic) bond motifs is 12. The zero-order chi connectivity index (χ0) is 27.3. The van der Waals surface area contributed by atoms with E-state index >= 15 is 0 Å². The van der Waals surface area contributed by atoms with Gasteiger partial charge in [0, 0.05) is 42.0 Å². The van der Waals surface area contributed by atoms with Crippen LogP contribution in [0.25, 0.3) is 69.9 Å². The Kier molecular flexibility index (Phi) is 4.61. The number of nitrogens with zero attached hydrogens (tertiary/aromatic N) is 1. The van der Waals surface area contributed by atoms with Crippen molar-refractivity contribution in [2.75, 3.05) is 0 Å². The topological polar surface area (TPSA) is 4.93 Å². The van der Waals surface area contributed by atoms with E-state index in [1.54, 1.807) is 0 Å². The van der Waals surface area contributed by atoms with Crippen LogP contribution in [0.2, 0.25) is 0 Å². The quantitative estimate of drug-likeness (QED) is 0.205. The Labute approximate surface area is 242 Å². The Morgan fingerprint density at radius 2 is 1.24 bits per heavy atom. The lowest BCUT2D eigenvalue weighted by Crippen LogP contribution is -2.15. The molecule has 9 rings (SSSR count). The Morgan fingerprint density at radius 1 is 0.585 bits per heavy atom. The average molecular weight is 542 g/mol. The van der Waals surface area contributed by atoms with E-state index in [2.05, 4.69) is 146 Å². The third-order valence-corrected chi connectivity index (χ3v) is 10.3. The molecule has 8 aromatic rings. The molecule has 0 atom stereocenters. The van der Waals surface area contributed by atoms with Gasteiger partial charge >= 0.3 is 0 Å². The van der Waals surface area contributed by atoms with Crippen molar-refractivity contribution in [2.45, 2.75) is 19.3 Å². The lowest BCUT2D eigenvalue weighted by atomic mass is 9.81. The fourth-order valence-electron chi connectivity index (χ4n) is 7.37. The number of rotatable bonds is 2. The standard InChI is InChI=1S/C39H27NS/c1-39(2)30-17-9-6-14-27(30)33-34-28-15-7-10-18-31(28)40(26-22-20-25(21-23-26)24-12-4-3-5-13-24)37(34)35-29-16-8-11-19-32(29)41-38(35)36(33)39/h3-23H,1-2H3. The first-order valence-corrected chi connectivity index (χ1v) is 15.1. The highest BCUT2D eigenvalue weighted by molar-refractivity contribution is 7.26. The van der Waals surface area contributed by atoms with Gasteiger partial charge in [-0.05, 0) is 57.6 Å². The molecule has 6 aromatic carbocycles. The maximum Gasteiger partial charge on any atom is 0.0640 e. The van der Waals surface area contributed by atoms with Crippen LogP contribution in [0.15, 0.2) is 127 Å². The number of aromatic nitrogens is 1. The highest BCUT2D eigenvalue weighted by Gasteiger charge is 2.40. The molecule has 0 amide bonds. The largest absolute Gasteiger partial charge is 0.309 e. The third kappa shape index (κ3) is 3.00. The molecule has 0 unspecified atom stereocenters. The van der Waals surface area contributed by atoms with Gasteiger partial charge in [0.1, 0.15) is 0 Å². The summed E-state index contributed by atoms with van der Waals surface area (Å²) in [5.41, 5.74) is 11.8. The van der Waals surface area contributed by atoms with Crippen molar-refractivity contribution in [2.24, 2.45) is 0 Å². The van der Waals surface area contributed by atoms with Gasteiger partial charge in [-0.15, -0.1) is 11.3 Å². The van der Waals surface area contributed by atoms with Crippen LogP contribution in [0.3, 0.4) is 0 Å². The Bertz CT molecular complexity index is 2310. The number of benzene rings is 6. The molecule has 41 heavy (non-hydrogen) atoms. The maximum absolute atomic E-state index is 2.52. The van der Waals surface area contributed by atoms with Crippen LogP contribution in [-0.4, -0.2) is 4.57 Å². The number of hydrogen-bond acceptors (Lipinski definition) is 1. The van der Waals surface area contributed by atoms with Gasteiger partial charge in [0.05, 0.1) is 11.0 Å². The fourth-order valence-corrected chi connectivity index (χ4v) is 8.79. The van der Waals surface area contributed by atoms with E-state index in [1.807, 2.05) is 11.3 Å². The third-order valence-electron chi connectivity index (χ3n) is 9.16. The molecule has 0 bridgehead atoms. The van der Waals surface area contributed by atoms with Gasteiger partial charge in [-0.1, -0.05) is 117 Å². The van der Waals surface area contributed by atoms with Gasteiger partial charge in [-0.25, -0.2) is 0 Å². The minimum Gasteiger partial charge on any atom is -0.309 e. The summed E-state index contributed by atoms with van der Waals surface area (Å²) in [5.74, 6) is 0. The van der Waals surface area contributed by atoms with Crippen molar-refractivity contribution in [1.29, 1.82) is 0 Å². The van der Waals surface area contributed by atoms with Crippen LogP contribution in [0.5, 0.6) is 0 Å². The SMILES string of the molecule is CC1(C)c2ccccc2-c2c1c1sc3ccccc3c1c1c2c2ccccc2n1-c1ccc(-c2ccccc2)cc1. The van der Waals surface area contributed by atoms with Crippen LogP contribution in [0.1, 0.15) is 25.0 Å². The maximum atomic E-state index is 2.52. The van der Waals surface area contributed by atoms with Gasteiger partial charge in [0.15, 0.2) is 0 Å². The summed E-state index contributed by atoms with van der Waals surface area (Å²) in [6, 6.07) is 46.8. The van der Waals surface area contributed by atoms with Crippen molar-refractivity contribution >= 4 is 53.3 Å². The van der Waals surface area contributed by atoms with E-state index in [0.717, 1.165) is 0 Å². The van der Waals surface area contributed by atoms with Crippen LogP contribution in [0, 0.1) is 0 Å². The summed E-state index contributed by atoms with van der Waals surface area (Å²) in [6.07, 6.45) is 0. The molecule has 2 aromatic heterocycles. The lowest BCUT2D eigenvalue weighted by Gasteiger charge is -2.22. The first kappa shape index (κ1) is 23.1. The van der Waals surface area contributed by atoms with E-state index in [1.165, 1.54) is 81.0 Å². The number of thiophene rings is 1. The normalized spacial score (nSPS) is 13.8. The van der Waals surface area contributed by atoms with E-state index in [-0.39, 0.29) is 5.41 Å². The van der Waals surface area contributed by atoms with Crippen molar-refractivity contribution < 1.29 is 0 Å². The van der Waals surface area contributed by atoms with E-state index < -0.39 is 0 Å². The molecule has 194 valence electrons. The van der Waals surface area contributed by atoms with Crippen LogP contribution in [0.4, 0.5) is 0 Å². The summed E-state index contributed by atoms with van der Waals surface area (Å²) in [4.78, 5) is 0. The smallest absolute Gasteiger partial charge is 0.0640 e. The summed E-state index contributed by atoms with van der Waals surface area (Å²) in [7, 11) is 0. The van der Waals surface area contributed by atoms with Crippen molar-refractivity contribution in [3.8, 4) is 27.9 Å². The molecule has 2 heterocycles. The molecule has 0 N–H and O–H groups in total. The second-order valence-corrected chi connectivity index (χ2v) is 12.8. The number of hydrogen-bond donors (Lipinski definition) is 0. The summed E-state index contributed by atoms with van der Waals surface area (Å²) in [5, 5.41) is 5.41. The Hall–Kier alpha value is -4.66. The number of para-hydroxylation sites is 1. The molecule has 0 spiro atoms. The molecule has 0 fully saturated rings. The van der Waals surface area contributed by atoms with E-state index in [0.29, 0.717) is 0 Å². The van der Waals surface area contributed by atoms with Gasteiger partial charge < -0.3 is 4.57 Å². The summed E-state index contributed by atoms with van der Waals surface area (Å²) < 4.78 is 5.29. The van der Waals surface area contributed by atoms with E-state index in [9.17, 15) is 0 Å². The molecule has 1 aliphatic carbocycles. The second kappa shape index (κ2) is 8.19. The van der Waals surface area contributed by atoms with Gasteiger partial charge in [-0.3, -0.25) is 0 Å². The average Bonchev–Trinajstić information content (AvgIpc) is 3.64. The second-order valence-electron chi connectivity index (χ2n) is 11.7. The van der Waals surface area contributed by atoms with Crippen LogP contribution < -0.4 is 0 Å². The van der Waals surface area contributed by atoms with Crippen molar-refractivity contribution in [3.05, 3.63) is 139 Å². The van der Waals surface area contributed by atoms with Crippen LogP contribution in [-0.2, 0) is 5.41 Å². The molecular formula is C39H27NS. The van der Waals surface area contributed by atoms with Crippen LogP contribution >= 0.6 is 11.3 Å². The molecule has 0 saturated heterocycles. The minimum atomic E-state index is -0.0836. The molecule has 0 radical (unpaired) electrons. The lowest BCUT2D eigenvalue weighted by molar-refractivity contribution is 0.667. The predicted octanol–water partition coefficient (Wildman–Crippen LogP) is 11.1. The zero-order valence-corrected chi connectivity index (χ0v) is 23.8. The predicted molar refractivity (Wildman–Crippen MR) is 177 cm³/mol. The molecular weight excluding hydrogens is 515 g/mol. The zero-order valence-electron chi connectivity index (χ0n) is 23.0. The first-order valence-electron chi connectivity index (χ1n) is 14.3. The molecule has 2 heteroatoms. The van der Waals surface area contributed by atoms with Crippen molar-refractivity contribution in [3.63, 3.8) is 0 Å². The fraction of sp³-hybridized carbons (Fsp3) is 0.0769.